The summed E-state index contributed by atoms with van der Waals surface area (Å²) in [6.45, 7) is 6.69. The monoisotopic (exact) mass is 263 g/mol. The van der Waals surface area contributed by atoms with Crippen LogP contribution in [0.3, 0.4) is 0 Å². The summed E-state index contributed by atoms with van der Waals surface area (Å²) in [5.41, 5.74) is 0.167. The summed E-state index contributed by atoms with van der Waals surface area (Å²) in [6, 6.07) is 3.43. The summed E-state index contributed by atoms with van der Waals surface area (Å²) >= 11 is 0. The zero-order chi connectivity index (χ0) is 14.3. The molecule has 0 aromatic carbocycles. The van der Waals surface area contributed by atoms with Crippen molar-refractivity contribution in [3.63, 3.8) is 0 Å². The molecule has 19 heavy (non-hydrogen) atoms. The molecule has 0 spiro atoms. The summed E-state index contributed by atoms with van der Waals surface area (Å²) in [7, 11) is 0. The average Bonchev–Trinajstić information content (AvgIpc) is 2.37. The molecule has 0 aliphatic rings. The Balaban J connectivity index is 2.18. The predicted molar refractivity (Wildman–Crippen MR) is 73.7 cm³/mol. The summed E-state index contributed by atoms with van der Waals surface area (Å²) in [5.74, 6) is -0.124. The molecule has 0 bridgehead atoms. The quantitative estimate of drug-likeness (QED) is 0.788. The molecule has 104 valence electrons. The molecule has 0 fully saturated rings. The van der Waals surface area contributed by atoms with E-state index in [0.717, 1.165) is 0 Å². The summed E-state index contributed by atoms with van der Waals surface area (Å²) in [6.07, 6.45) is 3.85. The van der Waals surface area contributed by atoms with Gasteiger partial charge in [-0.3, -0.25) is 14.6 Å². The number of carbonyl (C=O) groups is 2. The van der Waals surface area contributed by atoms with Gasteiger partial charge in [-0.05, 0) is 18.6 Å². The van der Waals surface area contributed by atoms with E-state index in [1.54, 1.807) is 18.3 Å². The van der Waals surface area contributed by atoms with Crippen molar-refractivity contribution in [3.05, 3.63) is 30.1 Å². The third-order valence-electron chi connectivity index (χ3n) is 2.53. The van der Waals surface area contributed by atoms with Crippen LogP contribution in [0.15, 0.2) is 24.5 Å². The van der Waals surface area contributed by atoms with Crippen LogP contribution in [0.25, 0.3) is 0 Å². The summed E-state index contributed by atoms with van der Waals surface area (Å²) < 4.78 is 0. The Hall–Kier alpha value is -1.91. The van der Waals surface area contributed by atoms with Gasteiger partial charge in [-0.1, -0.05) is 20.8 Å². The van der Waals surface area contributed by atoms with Crippen LogP contribution < -0.4 is 10.6 Å². The highest BCUT2D eigenvalue weighted by molar-refractivity contribution is 5.93. The van der Waals surface area contributed by atoms with Gasteiger partial charge in [0.25, 0.3) is 5.91 Å². The molecule has 0 saturated heterocycles. The van der Waals surface area contributed by atoms with Crippen molar-refractivity contribution in [2.75, 3.05) is 13.1 Å². The number of hydrogen-bond donors (Lipinski definition) is 2. The second kappa shape index (κ2) is 6.87. The Morgan fingerprint density at radius 3 is 2.47 bits per heavy atom. The third-order valence-corrected chi connectivity index (χ3v) is 2.53. The Kier molecular flexibility index (Phi) is 5.48. The van der Waals surface area contributed by atoms with Crippen LogP contribution >= 0.6 is 0 Å². The zero-order valence-electron chi connectivity index (χ0n) is 11.7. The van der Waals surface area contributed by atoms with Crippen LogP contribution in [0.4, 0.5) is 0 Å². The molecule has 1 heterocycles. The van der Waals surface area contributed by atoms with E-state index in [1.807, 2.05) is 20.8 Å². The van der Waals surface area contributed by atoms with Gasteiger partial charge in [0.2, 0.25) is 5.91 Å². The number of nitrogens with zero attached hydrogens (tertiary/aromatic N) is 1. The van der Waals surface area contributed by atoms with Gasteiger partial charge in [-0.15, -0.1) is 0 Å². The SMILES string of the molecule is CC(C)(C)C(=O)NCCCNC(=O)c1cccnc1. The number of amides is 2. The van der Waals surface area contributed by atoms with Gasteiger partial charge in [0.1, 0.15) is 0 Å². The first-order valence-electron chi connectivity index (χ1n) is 6.38. The van der Waals surface area contributed by atoms with Crippen molar-refractivity contribution in [2.24, 2.45) is 5.41 Å². The van der Waals surface area contributed by atoms with Crippen LogP contribution in [0.1, 0.15) is 37.6 Å². The molecule has 0 unspecified atom stereocenters. The first kappa shape index (κ1) is 15.1. The van der Waals surface area contributed by atoms with Gasteiger partial charge in [0.15, 0.2) is 0 Å². The maximum Gasteiger partial charge on any atom is 0.252 e. The maximum atomic E-state index is 11.7. The fraction of sp³-hybridized carbons (Fsp3) is 0.500. The molecule has 2 N–H and O–H groups in total. The van der Waals surface area contributed by atoms with Crippen molar-refractivity contribution in [1.82, 2.24) is 15.6 Å². The molecule has 0 radical (unpaired) electrons. The molecule has 2 amide bonds. The topological polar surface area (TPSA) is 71.1 Å². The van der Waals surface area contributed by atoms with Crippen LogP contribution in [-0.4, -0.2) is 29.9 Å². The number of nitrogens with one attached hydrogen (secondary N) is 2. The molecule has 1 aromatic rings. The van der Waals surface area contributed by atoms with Crippen molar-refractivity contribution < 1.29 is 9.59 Å². The number of carbonyl (C=O) groups excluding carboxylic acids is 2. The lowest BCUT2D eigenvalue weighted by Crippen LogP contribution is -2.36. The maximum absolute atomic E-state index is 11.7. The minimum absolute atomic E-state index is 0.0195. The molecule has 0 aliphatic heterocycles. The predicted octanol–water partition coefficient (Wildman–Crippen LogP) is 1.36. The Morgan fingerprint density at radius 2 is 1.89 bits per heavy atom. The molecule has 0 saturated carbocycles. The van der Waals surface area contributed by atoms with E-state index in [-0.39, 0.29) is 17.2 Å². The van der Waals surface area contributed by atoms with Gasteiger partial charge in [-0.2, -0.15) is 0 Å². The molecule has 0 atom stereocenters. The minimum Gasteiger partial charge on any atom is -0.356 e. The standard InChI is InChI=1S/C14H21N3O2/c1-14(2,3)13(19)17-9-5-8-16-12(18)11-6-4-7-15-10-11/h4,6-7,10H,5,8-9H2,1-3H3,(H,16,18)(H,17,19). The van der Waals surface area contributed by atoms with E-state index >= 15 is 0 Å². The average molecular weight is 263 g/mol. The van der Waals surface area contributed by atoms with Crippen molar-refractivity contribution in [1.29, 1.82) is 0 Å². The highest BCUT2D eigenvalue weighted by Crippen LogP contribution is 2.11. The first-order valence-corrected chi connectivity index (χ1v) is 6.38. The first-order chi connectivity index (χ1) is 8.91. The fourth-order valence-electron chi connectivity index (χ4n) is 1.36. The normalized spacial score (nSPS) is 10.9. The molecular formula is C14H21N3O2. The number of hydrogen-bond acceptors (Lipinski definition) is 3. The Morgan fingerprint density at radius 1 is 1.21 bits per heavy atom. The van der Waals surface area contributed by atoms with Crippen LogP contribution in [-0.2, 0) is 4.79 Å². The lowest BCUT2D eigenvalue weighted by molar-refractivity contribution is -0.128. The highest BCUT2D eigenvalue weighted by atomic mass is 16.2. The highest BCUT2D eigenvalue weighted by Gasteiger charge is 2.20. The molecule has 1 rings (SSSR count). The van der Waals surface area contributed by atoms with E-state index in [0.29, 0.717) is 25.1 Å². The molecular weight excluding hydrogens is 242 g/mol. The number of rotatable bonds is 5. The molecule has 5 nitrogen and oxygen atoms in total. The zero-order valence-corrected chi connectivity index (χ0v) is 11.7. The van der Waals surface area contributed by atoms with Crippen molar-refractivity contribution in [2.45, 2.75) is 27.2 Å². The Bertz CT molecular complexity index is 424. The van der Waals surface area contributed by atoms with Crippen LogP contribution in [0.5, 0.6) is 0 Å². The number of pyridine rings is 1. The molecule has 1 aromatic heterocycles. The van der Waals surface area contributed by atoms with Crippen molar-refractivity contribution in [3.8, 4) is 0 Å². The van der Waals surface area contributed by atoms with Gasteiger partial charge >= 0.3 is 0 Å². The van der Waals surface area contributed by atoms with E-state index in [1.165, 1.54) is 6.20 Å². The molecule has 0 aliphatic carbocycles. The second-order valence-corrected chi connectivity index (χ2v) is 5.36. The van der Waals surface area contributed by atoms with Gasteiger partial charge in [0.05, 0.1) is 5.56 Å². The largest absolute Gasteiger partial charge is 0.356 e. The Labute approximate surface area is 113 Å². The molecule has 5 heteroatoms. The smallest absolute Gasteiger partial charge is 0.252 e. The van der Waals surface area contributed by atoms with E-state index in [4.69, 9.17) is 0 Å². The van der Waals surface area contributed by atoms with Gasteiger partial charge in [0, 0.05) is 30.9 Å². The fourth-order valence-corrected chi connectivity index (χ4v) is 1.36. The van der Waals surface area contributed by atoms with E-state index in [2.05, 4.69) is 15.6 Å². The second-order valence-electron chi connectivity index (χ2n) is 5.36. The lowest BCUT2D eigenvalue weighted by Gasteiger charge is -2.17. The van der Waals surface area contributed by atoms with Crippen LogP contribution in [0.2, 0.25) is 0 Å². The van der Waals surface area contributed by atoms with Crippen molar-refractivity contribution >= 4 is 11.8 Å². The van der Waals surface area contributed by atoms with E-state index in [9.17, 15) is 9.59 Å². The number of aromatic nitrogens is 1. The summed E-state index contributed by atoms with van der Waals surface area (Å²) in [5, 5.41) is 5.61. The van der Waals surface area contributed by atoms with Crippen LogP contribution in [0, 0.1) is 5.41 Å². The minimum atomic E-state index is -0.376. The third kappa shape index (κ3) is 5.50. The van der Waals surface area contributed by atoms with Gasteiger partial charge < -0.3 is 10.6 Å². The van der Waals surface area contributed by atoms with Gasteiger partial charge in [-0.25, -0.2) is 0 Å². The van der Waals surface area contributed by atoms with E-state index < -0.39 is 0 Å². The lowest BCUT2D eigenvalue weighted by atomic mass is 9.96. The summed E-state index contributed by atoms with van der Waals surface area (Å²) in [4.78, 5) is 27.1.